The van der Waals surface area contributed by atoms with Crippen LogP contribution in [-0.4, -0.2) is 57.8 Å². The Morgan fingerprint density at radius 1 is 1.19 bits per heavy atom. The van der Waals surface area contributed by atoms with Gasteiger partial charge in [-0.2, -0.15) is 28.5 Å². The molecular weight excluding hydrogens is 569 g/mol. The van der Waals surface area contributed by atoms with Gasteiger partial charge in [0.1, 0.15) is 29.7 Å². The Bertz CT molecular complexity index is 1640. The third-order valence-corrected chi connectivity index (χ3v) is 6.77. The highest BCUT2D eigenvalue weighted by atomic mass is 19.4. The van der Waals surface area contributed by atoms with E-state index in [4.69, 9.17) is 19.3 Å². The summed E-state index contributed by atoms with van der Waals surface area (Å²) in [6, 6.07) is 11.4. The summed E-state index contributed by atoms with van der Waals surface area (Å²) >= 11 is 0. The lowest BCUT2D eigenvalue weighted by atomic mass is 9.99. The van der Waals surface area contributed by atoms with Crippen LogP contribution in [0, 0.1) is 11.3 Å². The number of nitriles is 1. The fourth-order valence-electron chi connectivity index (χ4n) is 4.50. The molecule has 1 saturated heterocycles. The summed E-state index contributed by atoms with van der Waals surface area (Å²) in [6.07, 6.45) is -2.27. The van der Waals surface area contributed by atoms with Gasteiger partial charge in [0.05, 0.1) is 49.9 Å². The van der Waals surface area contributed by atoms with Crippen molar-refractivity contribution in [3.8, 4) is 11.8 Å². The summed E-state index contributed by atoms with van der Waals surface area (Å²) in [5, 5.41) is 19.5. The second kappa shape index (κ2) is 12.5. The summed E-state index contributed by atoms with van der Waals surface area (Å²) in [5.41, 5.74) is -1.21. The predicted octanol–water partition coefficient (Wildman–Crippen LogP) is 3.59. The van der Waals surface area contributed by atoms with Crippen LogP contribution < -0.4 is 20.5 Å². The summed E-state index contributed by atoms with van der Waals surface area (Å²) in [6.45, 7) is 2.74. The molecule has 0 amide bonds. The maximum atomic E-state index is 13.9. The Balaban J connectivity index is 1.14. The van der Waals surface area contributed by atoms with E-state index in [0.717, 1.165) is 16.6 Å². The van der Waals surface area contributed by atoms with Gasteiger partial charge in [-0.25, -0.2) is 9.67 Å². The third kappa shape index (κ3) is 6.92. The largest absolute Gasteiger partial charge is 0.497 e. The molecule has 1 fully saturated rings. The number of hydrogen-bond acceptors (Lipinski definition) is 11. The zero-order chi connectivity index (χ0) is 30.6. The average Bonchev–Trinajstić information content (AvgIpc) is 3.42. The average molecular weight is 597 g/mol. The molecule has 43 heavy (non-hydrogen) atoms. The SMILES string of the molecule is COc1ccc(Cn2ncc(NC(C)COCc3nc(C4CN(c5ccc(C#N)nc5)C4)no3)c(C(F)(F)F)c2=O)cc1. The molecule has 1 aliphatic rings. The van der Waals surface area contributed by atoms with E-state index in [1.54, 1.807) is 43.5 Å². The summed E-state index contributed by atoms with van der Waals surface area (Å²) in [7, 11) is 1.50. The molecule has 1 aromatic carbocycles. The van der Waals surface area contributed by atoms with Crippen LogP contribution in [-0.2, 0) is 24.1 Å². The Kier molecular flexibility index (Phi) is 8.58. The van der Waals surface area contributed by atoms with Crippen LogP contribution in [0.1, 0.15) is 41.4 Å². The molecule has 5 rings (SSSR count). The Morgan fingerprint density at radius 3 is 2.60 bits per heavy atom. The topological polar surface area (TPSA) is 144 Å². The molecule has 1 N–H and O–H groups in total. The highest BCUT2D eigenvalue weighted by molar-refractivity contribution is 5.51. The highest BCUT2D eigenvalue weighted by Crippen LogP contribution is 2.32. The number of nitrogens with one attached hydrogen (secondary N) is 1. The van der Waals surface area contributed by atoms with Crippen molar-refractivity contribution in [2.75, 3.05) is 37.0 Å². The van der Waals surface area contributed by atoms with Gasteiger partial charge in [0, 0.05) is 19.1 Å². The number of halogens is 3. The van der Waals surface area contributed by atoms with Gasteiger partial charge in [0.2, 0.25) is 0 Å². The maximum absolute atomic E-state index is 13.9. The molecule has 1 aliphatic heterocycles. The first-order valence-electron chi connectivity index (χ1n) is 13.2. The molecule has 0 aliphatic carbocycles. The normalized spacial score (nSPS) is 14.2. The second-order valence-corrected chi connectivity index (χ2v) is 9.96. The van der Waals surface area contributed by atoms with Crippen molar-refractivity contribution in [2.24, 2.45) is 0 Å². The molecule has 1 atom stereocenters. The van der Waals surface area contributed by atoms with Gasteiger partial charge in [-0.3, -0.25) is 4.79 Å². The van der Waals surface area contributed by atoms with Gasteiger partial charge in [-0.15, -0.1) is 0 Å². The van der Waals surface area contributed by atoms with E-state index in [0.29, 0.717) is 35.9 Å². The molecular formula is C28H27F3N8O4. The predicted molar refractivity (Wildman–Crippen MR) is 147 cm³/mol. The molecule has 0 saturated carbocycles. The van der Waals surface area contributed by atoms with E-state index in [9.17, 15) is 18.0 Å². The fourth-order valence-corrected chi connectivity index (χ4v) is 4.50. The van der Waals surface area contributed by atoms with Crippen LogP contribution >= 0.6 is 0 Å². The van der Waals surface area contributed by atoms with Gasteiger partial charge in [0.15, 0.2) is 5.82 Å². The number of alkyl halides is 3. The van der Waals surface area contributed by atoms with Crippen molar-refractivity contribution in [1.82, 2.24) is 24.9 Å². The van der Waals surface area contributed by atoms with Crippen LogP contribution in [0.4, 0.5) is 24.5 Å². The third-order valence-electron chi connectivity index (χ3n) is 6.77. The van der Waals surface area contributed by atoms with E-state index >= 15 is 0 Å². The fraction of sp³-hybridized carbons (Fsp3) is 0.357. The number of hydrogen-bond donors (Lipinski definition) is 1. The molecule has 4 heterocycles. The van der Waals surface area contributed by atoms with Crippen LogP contribution in [0.25, 0.3) is 0 Å². The van der Waals surface area contributed by atoms with Crippen molar-refractivity contribution in [1.29, 1.82) is 5.26 Å². The van der Waals surface area contributed by atoms with Gasteiger partial charge < -0.3 is 24.2 Å². The molecule has 4 aromatic rings. The van der Waals surface area contributed by atoms with Gasteiger partial charge in [-0.05, 0) is 36.8 Å². The molecule has 15 heteroatoms. The minimum absolute atomic E-state index is 0.00710. The van der Waals surface area contributed by atoms with Gasteiger partial charge in [0.25, 0.3) is 11.4 Å². The zero-order valence-corrected chi connectivity index (χ0v) is 23.2. The quantitative estimate of drug-likeness (QED) is 0.271. The van der Waals surface area contributed by atoms with Crippen LogP contribution in [0.3, 0.4) is 0 Å². The van der Waals surface area contributed by atoms with E-state index in [1.165, 1.54) is 7.11 Å². The minimum Gasteiger partial charge on any atom is -0.497 e. The highest BCUT2D eigenvalue weighted by Gasteiger charge is 2.38. The monoisotopic (exact) mass is 596 g/mol. The standard InChI is InChI=1S/C28H27F3N8O4/c1-17(15-42-16-24-36-26(37-43-24)19-13-38(14-19)21-6-5-20(9-32)33-10-21)35-23-11-34-39(27(40)25(23)28(29,30)31)12-18-3-7-22(41-2)8-4-18/h3-8,10-11,17,19,35H,12-16H2,1-2H3. The van der Waals surface area contributed by atoms with E-state index in [2.05, 4.69) is 30.4 Å². The number of pyridine rings is 1. The lowest BCUT2D eigenvalue weighted by molar-refractivity contribution is -0.138. The summed E-state index contributed by atoms with van der Waals surface area (Å²) in [4.78, 5) is 23.3. The van der Waals surface area contributed by atoms with E-state index in [-0.39, 0.29) is 31.6 Å². The maximum Gasteiger partial charge on any atom is 0.423 e. The van der Waals surface area contributed by atoms with Gasteiger partial charge >= 0.3 is 6.18 Å². The Hall–Kier alpha value is -4.97. The minimum atomic E-state index is -4.90. The molecule has 224 valence electrons. The Morgan fingerprint density at radius 2 is 1.95 bits per heavy atom. The zero-order valence-electron chi connectivity index (χ0n) is 23.2. The number of rotatable bonds is 11. The van der Waals surface area contributed by atoms with Crippen molar-refractivity contribution in [2.45, 2.75) is 38.2 Å². The van der Waals surface area contributed by atoms with Gasteiger partial charge in [-0.1, -0.05) is 17.3 Å². The number of aromatic nitrogens is 5. The first-order valence-corrected chi connectivity index (χ1v) is 13.2. The van der Waals surface area contributed by atoms with Crippen molar-refractivity contribution in [3.05, 3.63) is 87.7 Å². The number of methoxy groups -OCH3 is 1. The first kappa shape index (κ1) is 29.5. The first-order chi connectivity index (χ1) is 20.6. The number of ether oxygens (including phenoxy) is 2. The molecule has 3 aromatic heterocycles. The molecule has 0 radical (unpaired) electrons. The Labute approximate surface area is 243 Å². The molecule has 12 nitrogen and oxygen atoms in total. The van der Waals surface area contributed by atoms with Crippen LogP contribution in [0.2, 0.25) is 0 Å². The number of anilines is 2. The van der Waals surface area contributed by atoms with E-state index < -0.39 is 29.0 Å². The van der Waals surface area contributed by atoms with Crippen molar-refractivity contribution in [3.63, 3.8) is 0 Å². The number of benzene rings is 1. The van der Waals surface area contributed by atoms with Crippen molar-refractivity contribution >= 4 is 11.4 Å². The molecule has 0 bridgehead atoms. The second-order valence-electron chi connectivity index (χ2n) is 9.96. The van der Waals surface area contributed by atoms with Crippen LogP contribution in [0.5, 0.6) is 5.75 Å². The summed E-state index contributed by atoms with van der Waals surface area (Å²) < 4.78 is 58.5. The smallest absolute Gasteiger partial charge is 0.423 e. The summed E-state index contributed by atoms with van der Waals surface area (Å²) in [5.74, 6) is 1.39. The molecule has 1 unspecified atom stereocenters. The lowest BCUT2D eigenvalue weighted by Gasteiger charge is -2.39. The van der Waals surface area contributed by atoms with Crippen molar-refractivity contribution < 1.29 is 27.2 Å². The lowest BCUT2D eigenvalue weighted by Crippen LogP contribution is -2.45. The number of nitrogens with zero attached hydrogens (tertiary/aromatic N) is 7. The molecule has 0 spiro atoms. The van der Waals surface area contributed by atoms with Crippen LogP contribution in [0.15, 0.2) is 58.1 Å². The van der Waals surface area contributed by atoms with E-state index in [1.807, 2.05) is 12.1 Å².